The average molecular weight is 431 g/mol. The topological polar surface area (TPSA) is 51.7 Å². The van der Waals surface area contributed by atoms with Crippen molar-refractivity contribution in [2.24, 2.45) is 0 Å². The fraction of sp³-hybridized carbons (Fsp3) is 0.429. The minimum Gasteiger partial charge on any atom is -0.472 e. The van der Waals surface area contributed by atoms with Crippen molar-refractivity contribution in [1.82, 2.24) is 9.88 Å². The molecule has 0 radical (unpaired) electrons. The van der Waals surface area contributed by atoms with E-state index in [9.17, 15) is 4.79 Å². The summed E-state index contributed by atoms with van der Waals surface area (Å²) in [6.45, 7) is 2.57. The zero-order valence-electron chi connectivity index (χ0n) is 15.1. The van der Waals surface area contributed by atoms with Crippen molar-refractivity contribution >= 4 is 21.8 Å². The molecule has 2 aromatic rings. The molecule has 2 aliphatic heterocycles. The van der Waals surface area contributed by atoms with E-state index >= 15 is 0 Å². The molecule has 142 valence electrons. The zero-order valence-corrected chi connectivity index (χ0v) is 16.7. The maximum absolute atomic E-state index is 13.6. The van der Waals surface area contributed by atoms with Crippen LogP contribution >= 0.6 is 15.9 Å². The van der Waals surface area contributed by atoms with Crippen LogP contribution in [0.4, 0.5) is 0 Å². The second kappa shape index (κ2) is 7.98. The number of hydrogen-bond acceptors (Lipinski definition) is 4. The van der Waals surface area contributed by atoms with E-state index in [0.29, 0.717) is 25.6 Å². The third-order valence-electron chi connectivity index (χ3n) is 5.50. The van der Waals surface area contributed by atoms with Crippen LogP contribution in [0.1, 0.15) is 24.8 Å². The fourth-order valence-electron chi connectivity index (χ4n) is 4.02. The van der Waals surface area contributed by atoms with Gasteiger partial charge in [-0.05, 0) is 40.4 Å². The highest BCUT2D eigenvalue weighted by Crippen LogP contribution is 2.37. The molecule has 27 heavy (non-hydrogen) atoms. The summed E-state index contributed by atoms with van der Waals surface area (Å²) in [5.41, 5.74) is 0.613. The minimum atomic E-state index is -0.482. The van der Waals surface area contributed by atoms with Gasteiger partial charge in [-0.3, -0.25) is 4.79 Å². The Labute approximate surface area is 167 Å². The lowest BCUT2D eigenvalue weighted by Gasteiger charge is -2.39. The van der Waals surface area contributed by atoms with Crippen LogP contribution in [0.5, 0.6) is 5.88 Å². The van der Waals surface area contributed by atoms with Crippen LogP contribution in [0.2, 0.25) is 0 Å². The molecule has 1 atom stereocenters. The van der Waals surface area contributed by atoms with E-state index in [1.54, 1.807) is 6.20 Å². The predicted octanol–water partition coefficient (Wildman–Crippen LogP) is 3.57. The van der Waals surface area contributed by atoms with Crippen LogP contribution in [0.3, 0.4) is 0 Å². The third kappa shape index (κ3) is 3.87. The highest BCUT2D eigenvalue weighted by Gasteiger charge is 2.45. The van der Waals surface area contributed by atoms with Crippen molar-refractivity contribution in [1.29, 1.82) is 0 Å². The Morgan fingerprint density at radius 1 is 1.19 bits per heavy atom. The summed E-state index contributed by atoms with van der Waals surface area (Å²) in [6.07, 6.45) is 3.98. The van der Waals surface area contributed by atoms with Crippen LogP contribution in [-0.4, -0.2) is 48.2 Å². The van der Waals surface area contributed by atoms with Gasteiger partial charge < -0.3 is 14.4 Å². The highest BCUT2D eigenvalue weighted by molar-refractivity contribution is 9.10. The summed E-state index contributed by atoms with van der Waals surface area (Å²) >= 11 is 3.38. The number of halogens is 1. The van der Waals surface area contributed by atoms with Gasteiger partial charge in [-0.15, -0.1) is 0 Å². The Balaban J connectivity index is 1.48. The second-order valence-electron chi connectivity index (χ2n) is 7.15. The third-order valence-corrected chi connectivity index (χ3v) is 5.97. The Morgan fingerprint density at radius 3 is 2.67 bits per heavy atom. The number of pyridine rings is 1. The van der Waals surface area contributed by atoms with E-state index in [2.05, 4.69) is 33.0 Å². The second-order valence-corrected chi connectivity index (χ2v) is 8.07. The van der Waals surface area contributed by atoms with E-state index in [4.69, 9.17) is 9.47 Å². The van der Waals surface area contributed by atoms with E-state index in [-0.39, 0.29) is 12.0 Å². The first-order valence-corrected chi connectivity index (χ1v) is 10.2. The normalized spacial score (nSPS) is 21.8. The molecule has 1 aromatic carbocycles. The highest BCUT2D eigenvalue weighted by atomic mass is 79.9. The number of amides is 1. The molecule has 4 rings (SSSR count). The van der Waals surface area contributed by atoms with E-state index in [1.807, 2.05) is 35.2 Å². The smallest absolute Gasteiger partial charge is 0.233 e. The molecule has 1 unspecified atom stereocenters. The Morgan fingerprint density at radius 2 is 1.96 bits per heavy atom. The van der Waals surface area contributed by atoms with Crippen molar-refractivity contribution in [3.63, 3.8) is 0 Å². The summed E-state index contributed by atoms with van der Waals surface area (Å²) in [5.74, 6) is 0.799. The van der Waals surface area contributed by atoms with Crippen molar-refractivity contribution in [2.45, 2.75) is 30.8 Å². The number of rotatable bonds is 4. The van der Waals surface area contributed by atoms with Gasteiger partial charge in [0.05, 0.1) is 12.0 Å². The molecule has 3 heterocycles. The molecular formula is C21H23BrN2O3. The first-order valence-electron chi connectivity index (χ1n) is 9.38. The molecule has 2 fully saturated rings. The lowest BCUT2D eigenvalue weighted by atomic mass is 9.73. The molecule has 1 aromatic heterocycles. The van der Waals surface area contributed by atoms with Crippen LogP contribution < -0.4 is 4.74 Å². The number of likely N-dealkylation sites (tertiary alicyclic amines) is 1. The number of nitrogens with zero attached hydrogens (tertiary/aromatic N) is 2. The summed E-state index contributed by atoms with van der Waals surface area (Å²) in [4.78, 5) is 19.8. The Kier molecular flexibility index (Phi) is 5.45. The lowest BCUT2D eigenvalue weighted by molar-refractivity contribution is -0.140. The van der Waals surface area contributed by atoms with Gasteiger partial charge in [0.15, 0.2) is 0 Å². The molecule has 2 saturated heterocycles. The first kappa shape index (κ1) is 18.4. The van der Waals surface area contributed by atoms with Gasteiger partial charge in [0.1, 0.15) is 6.10 Å². The average Bonchev–Trinajstić information content (AvgIpc) is 3.19. The molecule has 6 heteroatoms. The van der Waals surface area contributed by atoms with Gasteiger partial charge in [-0.2, -0.15) is 0 Å². The monoisotopic (exact) mass is 430 g/mol. The maximum Gasteiger partial charge on any atom is 0.233 e. The number of hydrogen-bond donors (Lipinski definition) is 0. The van der Waals surface area contributed by atoms with Crippen molar-refractivity contribution in [2.75, 3.05) is 26.3 Å². The fourth-order valence-corrected chi connectivity index (χ4v) is 4.25. The number of carbonyl (C=O) groups is 1. The lowest BCUT2D eigenvalue weighted by Crippen LogP contribution is -2.49. The summed E-state index contributed by atoms with van der Waals surface area (Å²) < 4.78 is 12.5. The predicted molar refractivity (Wildman–Crippen MR) is 106 cm³/mol. The van der Waals surface area contributed by atoms with Gasteiger partial charge >= 0.3 is 0 Å². The van der Waals surface area contributed by atoms with Gasteiger partial charge in [0.25, 0.3) is 0 Å². The number of aromatic nitrogens is 1. The summed E-state index contributed by atoms with van der Waals surface area (Å²) in [5, 5.41) is 0. The zero-order chi connectivity index (χ0) is 18.7. The SMILES string of the molecule is O=C(N1CCC(Oc2ccc(Br)cn2)C1)C1(c2ccccc2)CCOCC1. The first-order chi connectivity index (χ1) is 13.2. The summed E-state index contributed by atoms with van der Waals surface area (Å²) in [6, 6.07) is 13.9. The van der Waals surface area contributed by atoms with Gasteiger partial charge in [0, 0.05) is 42.9 Å². The van der Waals surface area contributed by atoms with Crippen molar-refractivity contribution in [3.05, 3.63) is 58.7 Å². The Hall–Kier alpha value is -1.92. The maximum atomic E-state index is 13.6. The van der Waals surface area contributed by atoms with E-state index in [0.717, 1.165) is 35.8 Å². The minimum absolute atomic E-state index is 0.0183. The largest absolute Gasteiger partial charge is 0.472 e. The van der Waals surface area contributed by atoms with Gasteiger partial charge in [0.2, 0.25) is 11.8 Å². The molecule has 0 aliphatic carbocycles. The van der Waals surface area contributed by atoms with E-state index < -0.39 is 5.41 Å². The number of carbonyl (C=O) groups excluding carboxylic acids is 1. The molecule has 0 bridgehead atoms. The van der Waals surface area contributed by atoms with Crippen LogP contribution in [-0.2, 0) is 14.9 Å². The number of ether oxygens (including phenoxy) is 2. The van der Waals surface area contributed by atoms with Crippen LogP contribution in [0, 0.1) is 0 Å². The molecule has 0 saturated carbocycles. The standard InChI is InChI=1S/C21H23BrN2O3/c22-17-6-7-19(23-14-17)27-18-8-11-24(15-18)20(25)21(9-12-26-13-10-21)16-4-2-1-3-5-16/h1-7,14,18H,8-13,15H2. The quantitative estimate of drug-likeness (QED) is 0.743. The van der Waals surface area contributed by atoms with Crippen LogP contribution in [0.15, 0.2) is 53.1 Å². The van der Waals surface area contributed by atoms with Gasteiger partial charge in [-0.1, -0.05) is 30.3 Å². The van der Waals surface area contributed by atoms with Gasteiger partial charge in [-0.25, -0.2) is 4.98 Å². The molecule has 1 amide bonds. The Bertz CT molecular complexity index is 776. The van der Waals surface area contributed by atoms with Crippen molar-refractivity contribution < 1.29 is 14.3 Å². The molecule has 5 nitrogen and oxygen atoms in total. The van der Waals surface area contributed by atoms with E-state index in [1.165, 1.54) is 0 Å². The molecule has 0 N–H and O–H groups in total. The molecule has 0 spiro atoms. The number of benzene rings is 1. The van der Waals surface area contributed by atoms with Crippen molar-refractivity contribution in [3.8, 4) is 5.88 Å². The van der Waals surface area contributed by atoms with Crippen LogP contribution in [0.25, 0.3) is 0 Å². The molecular weight excluding hydrogens is 408 g/mol. The summed E-state index contributed by atoms with van der Waals surface area (Å²) in [7, 11) is 0. The molecule has 2 aliphatic rings.